The molecule has 0 spiro atoms. The predicted octanol–water partition coefficient (Wildman–Crippen LogP) is 2.65. The van der Waals surface area contributed by atoms with Crippen LogP contribution >= 0.6 is 0 Å². The topological polar surface area (TPSA) is 75.2 Å². The monoisotopic (exact) mass is 282 g/mol. The van der Waals surface area contributed by atoms with Gasteiger partial charge in [0.2, 0.25) is 5.88 Å². The summed E-state index contributed by atoms with van der Waals surface area (Å²) in [6.07, 6.45) is 5.05. The lowest BCUT2D eigenvalue weighted by atomic mass is 10.3. The first-order valence-electron chi connectivity index (χ1n) is 6.32. The number of anilines is 1. The van der Waals surface area contributed by atoms with Crippen LogP contribution in [-0.4, -0.2) is 21.6 Å². The number of pyridine rings is 1. The Hall–Kier alpha value is -3.02. The molecular formula is C15H14N4O2. The lowest BCUT2D eigenvalue weighted by Crippen LogP contribution is -1.92. The van der Waals surface area contributed by atoms with Crippen LogP contribution < -0.4 is 15.2 Å². The molecule has 106 valence electrons. The second-order valence-corrected chi connectivity index (χ2v) is 4.34. The van der Waals surface area contributed by atoms with Crippen molar-refractivity contribution in [1.29, 1.82) is 0 Å². The van der Waals surface area contributed by atoms with Crippen molar-refractivity contribution >= 4 is 5.82 Å². The van der Waals surface area contributed by atoms with Gasteiger partial charge in [0.25, 0.3) is 0 Å². The summed E-state index contributed by atoms with van der Waals surface area (Å²) in [6, 6.07) is 11.0. The highest BCUT2D eigenvalue weighted by atomic mass is 16.5. The number of benzene rings is 1. The molecule has 0 saturated heterocycles. The summed E-state index contributed by atoms with van der Waals surface area (Å²) < 4.78 is 12.6. The van der Waals surface area contributed by atoms with E-state index in [4.69, 9.17) is 15.2 Å². The maximum atomic E-state index is 5.68. The van der Waals surface area contributed by atoms with Crippen LogP contribution in [0.25, 0.3) is 5.69 Å². The molecule has 2 N–H and O–H groups in total. The molecule has 0 aliphatic carbocycles. The molecule has 0 radical (unpaired) electrons. The largest absolute Gasteiger partial charge is 0.497 e. The second-order valence-electron chi connectivity index (χ2n) is 4.34. The minimum absolute atomic E-state index is 0.481. The average Bonchev–Trinajstić information content (AvgIpc) is 2.95. The zero-order valence-electron chi connectivity index (χ0n) is 11.4. The molecule has 1 aromatic carbocycles. The van der Waals surface area contributed by atoms with Crippen molar-refractivity contribution in [1.82, 2.24) is 14.5 Å². The lowest BCUT2D eigenvalue weighted by molar-refractivity contribution is 0.405. The van der Waals surface area contributed by atoms with E-state index < -0.39 is 0 Å². The summed E-state index contributed by atoms with van der Waals surface area (Å²) in [7, 11) is 1.60. The highest BCUT2D eigenvalue weighted by molar-refractivity contribution is 5.41. The number of nitrogen functional groups attached to an aromatic ring is 1. The quantitative estimate of drug-likeness (QED) is 0.796. The molecule has 0 atom stereocenters. The lowest BCUT2D eigenvalue weighted by Gasteiger charge is -2.07. The van der Waals surface area contributed by atoms with Crippen molar-refractivity contribution in [2.24, 2.45) is 0 Å². The molecule has 21 heavy (non-hydrogen) atoms. The van der Waals surface area contributed by atoms with Crippen LogP contribution in [0.2, 0.25) is 0 Å². The molecular weight excluding hydrogens is 268 g/mol. The van der Waals surface area contributed by atoms with Gasteiger partial charge >= 0.3 is 0 Å². The Balaban J connectivity index is 1.77. The minimum atomic E-state index is 0.481. The number of aromatic nitrogens is 3. The molecule has 0 amide bonds. The van der Waals surface area contributed by atoms with Crippen LogP contribution in [0.3, 0.4) is 0 Å². The smallest absolute Gasteiger partial charge is 0.222 e. The van der Waals surface area contributed by atoms with Gasteiger partial charge in [0.15, 0.2) is 0 Å². The zero-order valence-corrected chi connectivity index (χ0v) is 11.4. The summed E-state index contributed by atoms with van der Waals surface area (Å²) in [5.41, 5.74) is 6.55. The SMILES string of the molecule is COc1ccnc(Oc2ccc(-n3cnc(N)c3)cc2)c1. The van der Waals surface area contributed by atoms with Crippen LogP contribution in [0.1, 0.15) is 0 Å². The minimum Gasteiger partial charge on any atom is -0.497 e. The fraction of sp³-hybridized carbons (Fsp3) is 0.0667. The first-order valence-corrected chi connectivity index (χ1v) is 6.32. The normalized spacial score (nSPS) is 10.3. The third-order valence-corrected chi connectivity index (χ3v) is 2.90. The first-order chi connectivity index (χ1) is 10.2. The average molecular weight is 282 g/mol. The van der Waals surface area contributed by atoms with E-state index in [0.29, 0.717) is 23.2 Å². The molecule has 3 rings (SSSR count). The Labute approximate surface area is 121 Å². The van der Waals surface area contributed by atoms with Crippen molar-refractivity contribution in [3.8, 4) is 23.1 Å². The molecule has 0 bridgehead atoms. The van der Waals surface area contributed by atoms with Gasteiger partial charge in [-0.3, -0.25) is 0 Å². The summed E-state index contributed by atoms with van der Waals surface area (Å²) in [5, 5.41) is 0. The number of nitrogens with two attached hydrogens (primary N) is 1. The maximum Gasteiger partial charge on any atom is 0.222 e. The van der Waals surface area contributed by atoms with Gasteiger partial charge in [-0.05, 0) is 30.3 Å². The molecule has 2 aromatic heterocycles. The van der Waals surface area contributed by atoms with Crippen LogP contribution in [0.15, 0.2) is 55.1 Å². The van der Waals surface area contributed by atoms with Crippen molar-refractivity contribution in [3.63, 3.8) is 0 Å². The van der Waals surface area contributed by atoms with E-state index in [1.165, 1.54) is 0 Å². The Bertz CT molecular complexity index is 737. The van der Waals surface area contributed by atoms with E-state index in [1.807, 2.05) is 28.8 Å². The number of ether oxygens (including phenoxy) is 2. The van der Waals surface area contributed by atoms with E-state index in [9.17, 15) is 0 Å². The van der Waals surface area contributed by atoms with Crippen LogP contribution in [-0.2, 0) is 0 Å². The predicted molar refractivity (Wildman–Crippen MR) is 78.8 cm³/mol. The fourth-order valence-corrected chi connectivity index (χ4v) is 1.86. The number of methoxy groups -OCH3 is 1. The molecule has 0 fully saturated rings. The summed E-state index contributed by atoms with van der Waals surface area (Å²) in [5.74, 6) is 2.35. The molecule has 0 saturated carbocycles. The van der Waals surface area contributed by atoms with Gasteiger partial charge in [-0.25, -0.2) is 9.97 Å². The van der Waals surface area contributed by atoms with E-state index in [2.05, 4.69) is 9.97 Å². The Morgan fingerprint density at radius 2 is 1.86 bits per heavy atom. The van der Waals surface area contributed by atoms with Gasteiger partial charge in [0.1, 0.15) is 23.6 Å². The van der Waals surface area contributed by atoms with Gasteiger partial charge in [0.05, 0.1) is 13.3 Å². The molecule has 0 aliphatic heterocycles. The summed E-state index contributed by atoms with van der Waals surface area (Å²) in [4.78, 5) is 8.12. The van der Waals surface area contributed by atoms with Crippen molar-refractivity contribution in [2.75, 3.05) is 12.8 Å². The molecule has 6 heteroatoms. The Kier molecular flexibility index (Phi) is 3.42. The number of hydrogen-bond acceptors (Lipinski definition) is 5. The van der Waals surface area contributed by atoms with E-state index >= 15 is 0 Å². The number of rotatable bonds is 4. The third-order valence-electron chi connectivity index (χ3n) is 2.90. The van der Waals surface area contributed by atoms with Gasteiger partial charge < -0.3 is 19.8 Å². The number of imidazole rings is 1. The van der Waals surface area contributed by atoms with Gasteiger partial charge in [-0.15, -0.1) is 0 Å². The van der Waals surface area contributed by atoms with E-state index in [1.54, 1.807) is 38.0 Å². The highest BCUT2D eigenvalue weighted by Crippen LogP contribution is 2.23. The van der Waals surface area contributed by atoms with Crippen LogP contribution in [0.4, 0.5) is 5.82 Å². The zero-order chi connectivity index (χ0) is 14.7. The molecule has 6 nitrogen and oxygen atoms in total. The second kappa shape index (κ2) is 5.54. The molecule has 3 aromatic rings. The fourth-order valence-electron chi connectivity index (χ4n) is 1.86. The van der Waals surface area contributed by atoms with Crippen LogP contribution in [0, 0.1) is 0 Å². The van der Waals surface area contributed by atoms with E-state index in [-0.39, 0.29) is 0 Å². The van der Waals surface area contributed by atoms with Gasteiger partial charge in [0, 0.05) is 18.0 Å². The standard InChI is InChI=1S/C15H14N4O2/c1-20-13-6-7-17-15(8-13)21-12-4-2-11(3-5-12)19-9-14(16)18-10-19/h2-10H,16H2,1H3. The molecule has 2 heterocycles. The van der Waals surface area contributed by atoms with Crippen molar-refractivity contribution in [2.45, 2.75) is 0 Å². The Morgan fingerprint density at radius 3 is 2.52 bits per heavy atom. The maximum absolute atomic E-state index is 5.68. The molecule has 0 aliphatic rings. The van der Waals surface area contributed by atoms with E-state index in [0.717, 1.165) is 5.69 Å². The number of nitrogens with zero attached hydrogens (tertiary/aromatic N) is 3. The number of hydrogen-bond donors (Lipinski definition) is 1. The van der Waals surface area contributed by atoms with Crippen molar-refractivity contribution < 1.29 is 9.47 Å². The third kappa shape index (κ3) is 2.94. The van der Waals surface area contributed by atoms with Crippen molar-refractivity contribution in [3.05, 3.63) is 55.1 Å². The summed E-state index contributed by atoms with van der Waals surface area (Å²) in [6.45, 7) is 0. The highest BCUT2D eigenvalue weighted by Gasteiger charge is 2.02. The van der Waals surface area contributed by atoms with Crippen LogP contribution in [0.5, 0.6) is 17.4 Å². The van der Waals surface area contributed by atoms with Gasteiger partial charge in [-0.1, -0.05) is 0 Å². The summed E-state index contributed by atoms with van der Waals surface area (Å²) >= 11 is 0. The van der Waals surface area contributed by atoms with Gasteiger partial charge in [-0.2, -0.15) is 0 Å². The molecule has 0 unspecified atom stereocenters. The Morgan fingerprint density at radius 1 is 1.05 bits per heavy atom. The first kappa shape index (κ1) is 13.0.